The Labute approximate surface area is 112 Å². The van der Waals surface area contributed by atoms with Crippen molar-refractivity contribution in [2.45, 2.75) is 33.1 Å². The molecule has 0 spiro atoms. The van der Waals surface area contributed by atoms with E-state index >= 15 is 0 Å². The summed E-state index contributed by atoms with van der Waals surface area (Å²) in [4.78, 5) is 16.1. The Kier molecular flexibility index (Phi) is 2.66. The molecule has 0 amide bonds. The van der Waals surface area contributed by atoms with Gasteiger partial charge in [-0.1, -0.05) is 19.9 Å². The largest absolute Gasteiger partial charge is 0.496 e. The van der Waals surface area contributed by atoms with Crippen LogP contribution in [0.15, 0.2) is 23.0 Å². The van der Waals surface area contributed by atoms with Crippen molar-refractivity contribution in [2.24, 2.45) is 5.41 Å². The van der Waals surface area contributed by atoms with Gasteiger partial charge in [0, 0.05) is 11.3 Å². The van der Waals surface area contributed by atoms with Crippen molar-refractivity contribution < 1.29 is 4.74 Å². The molecule has 0 aliphatic heterocycles. The van der Waals surface area contributed by atoms with Crippen molar-refractivity contribution in [1.29, 1.82) is 0 Å². The van der Waals surface area contributed by atoms with Gasteiger partial charge >= 0.3 is 0 Å². The summed E-state index contributed by atoms with van der Waals surface area (Å²) >= 11 is 0. The zero-order valence-electron chi connectivity index (χ0n) is 11.7. The molecule has 0 fully saturated rings. The first-order valence-corrected chi connectivity index (χ1v) is 6.72. The number of benzene rings is 1. The fraction of sp³-hybridized carbons (Fsp3) is 0.438. The summed E-state index contributed by atoms with van der Waals surface area (Å²) in [5, 5.41) is 0.684. The molecule has 0 unspecified atom stereocenters. The zero-order valence-corrected chi connectivity index (χ0v) is 11.7. The average Bonchev–Trinajstić information content (AvgIpc) is 2.36. The van der Waals surface area contributed by atoms with E-state index in [0.29, 0.717) is 11.1 Å². The molecule has 2 aromatic rings. The number of methoxy groups -OCH3 is 1. The highest BCUT2D eigenvalue weighted by Gasteiger charge is 2.28. The van der Waals surface area contributed by atoms with Gasteiger partial charge in [-0.3, -0.25) is 4.79 Å². The molecule has 1 aliphatic rings. The average molecular weight is 257 g/mol. The molecule has 0 saturated heterocycles. The Bertz CT molecular complexity index is 698. The molecule has 1 heterocycles. The summed E-state index contributed by atoms with van der Waals surface area (Å²) in [6.07, 6.45) is 2.85. The number of fused-ring (bicyclic) bond motifs is 2. The van der Waals surface area contributed by atoms with Gasteiger partial charge < -0.3 is 9.72 Å². The zero-order chi connectivity index (χ0) is 13.6. The summed E-state index contributed by atoms with van der Waals surface area (Å²) in [5.41, 5.74) is 3.32. The van der Waals surface area contributed by atoms with Crippen molar-refractivity contribution in [2.75, 3.05) is 7.11 Å². The number of aromatic amines is 1. The predicted octanol–water partition coefficient (Wildman–Crippen LogP) is 3.05. The van der Waals surface area contributed by atoms with Crippen LogP contribution in [-0.4, -0.2) is 12.1 Å². The molecule has 1 aliphatic carbocycles. The summed E-state index contributed by atoms with van der Waals surface area (Å²) in [6.45, 7) is 4.51. The normalized spacial score (nSPS) is 17.2. The van der Waals surface area contributed by atoms with Crippen LogP contribution in [0.2, 0.25) is 0 Å². The van der Waals surface area contributed by atoms with Gasteiger partial charge in [0.2, 0.25) is 0 Å². The molecule has 0 atom stereocenters. The molecule has 0 bridgehead atoms. The Morgan fingerprint density at radius 2 is 2.11 bits per heavy atom. The Morgan fingerprint density at radius 3 is 2.84 bits per heavy atom. The number of rotatable bonds is 1. The lowest BCUT2D eigenvalue weighted by Gasteiger charge is -2.30. The first-order valence-electron chi connectivity index (χ1n) is 6.72. The second-order valence-corrected chi connectivity index (χ2v) is 6.14. The van der Waals surface area contributed by atoms with E-state index in [1.165, 1.54) is 0 Å². The van der Waals surface area contributed by atoms with E-state index in [9.17, 15) is 4.79 Å². The summed E-state index contributed by atoms with van der Waals surface area (Å²) < 4.78 is 5.32. The Balaban J connectivity index is 2.31. The molecule has 1 aromatic carbocycles. The standard InChI is InChI=1S/C16H19NO2/c1-16(2)8-7-10-12(9-16)17-11-5-4-6-13(19-3)14(11)15(10)18/h4-6H,7-9H2,1-3H3,(H,17,18). The van der Waals surface area contributed by atoms with E-state index < -0.39 is 0 Å². The molecular weight excluding hydrogens is 238 g/mol. The van der Waals surface area contributed by atoms with E-state index in [1.54, 1.807) is 7.11 Å². The highest BCUT2D eigenvalue weighted by molar-refractivity contribution is 5.85. The van der Waals surface area contributed by atoms with Crippen LogP contribution in [0.1, 0.15) is 31.5 Å². The lowest BCUT2D eigenvalue weighted by Crippen LogP contribution is -2.28. The summed E-state index contributed by atoms with van der Waals surface area (Å²) in [7, 11) is 1.61. The SMILES string of the molecule is COc1cccc2[nH]c3c(c(=O)c12)CCC(C)(C)C3. The van der Waals surface area contributed by atoms with E-state index in [0.717, 1.165) is 36.0 Å². The molecule has 1 aromatic heterocycles. The molecule has 1 N–H and O–H groups in total. The van der Waals surface area contributed by atoms with Crippen LogP contribution in [0, 0.1) is 5.41 Å². The highest BCUT2D eigenvalue weighted by atomic mass is 16.5. The Morgan fingerprint density at radius 1 is 1.32 bits per heavy atom. The maximum absolute atomic E-state index is 12.7. The number of nitrogens with one attached hydrogen (secondary N) is 1. The van der Waals surface area contributed by atoms with Crippen molar-refractivity contribution in [3.05, 3.63) is 39.7 Å². The minimum Gasteiger partial charge on any atom is -0.496 e. The lowest BCUT2D eigenvalue weighted by molar-refractivity contribution is 0.310. The van der Waals surface area contributed by atoms with Gasteiger partial charge in [-0.15, -0.1) is 0 Å². The molecule has 3 heteroatoms. The van der Waals surface area contributed by atoms with Gasteiger partial charge in [0.15, 0.2) is 5.43 Å². The third-order valence-electron chi connectivity index (χ3n) is 4.10. The van der Waals surface area contributed by atoms with Crippen molar-refractivity contribution in [3.8, 4) is 5.75 Å². The van der Waals surface area contributed by atoms with Crippen molar-refractivity contribution in [3.63, 3.8) is 0 Å². The van der Waals surface area contributed by atoms with Crippen molar-refractivity contribution in [1.82, 2.24) is 4.98 Å². The van der Waals surface area contributed by atoms with Crippen LogP contribution in [0.4, 0.5) is 0 Å². The van der Waals surface area contributed by atoms with Crippen LogP contribution in [0.25, 0.3) is 10.9 Å². The number of hydrogen-bond donors (Lipinski definition) is 1. The second kappa shape index (κ2) is 4.12. The van der Waals surface area contributed by atoms with Crippen LogP contribution in [0.5, 0.6) is 5.75 Å². The van der Waals surface area contributed by atoms with Crippen molar-refractivity contribution >= 4 is 10.9 Å². The van der Waals surface area contributed by atoms with Gasteiger partial charge in [-0.25, -0.2) is 0 Å². The molecule has 19 heavy (non-hydrogen) atoms. The third-order valence-corrected chi connectivity index (χ3v) is 4.10. The number of pyridine rings is 1. The minimum absolute atomic E-state index is 0.136. The summed E-state index contributed by atoms with van der Waals surface area (Å²) in [6, 6.07) is 5.70. The quantitative estimate of drug-likeness (QED) is 0.853. The molecule has 0 saturated carbocycles. The monoisotopic (exact) mass is 257 g/mol. The highest BCUT2D eigenvalue weighted by Crippen LogP contribution is 2.34. The number of ether oxygens (including phenoxy) is 1. The van der Waals surface area contributed by atoms with Gasteiger partial charge in [-0.05, 0) is 36.8 Å². The van der Waals surface area contributed by atoms with Crippen LogP contribution in [0.3, 0.4) is 0 Å². The predicted molar refractivity (Wildman–Crippen MR) is 76.9 cm³/mol. The smallest absolute Gasteiger partial charge is 0.196 e. The molecule has 100 valence electrons. The van der Waals surface area contributed by atoms with Gasteiger partial charge in [0.05, 0.1) is 18.0 Å². The van der Waals surface area contributed by atoms with Crippen LogP contribution in [-0.2, 0) is 12.8 Å². The molecule has 3 rings (SSSR count). The Hall–Kier alpha value is -1.77. The molecule has 0 radical (unpaired) electrons. The maximum Gasteiger partial charge on any atom is 0.196 e. The second-order valence-electron chi connectivity index (χ2n) is 6.14. The van der Waals surface area contributed by atoms with E-state index in [-0.39, 0.29) is 10.8 Å². The maximum atomic E-state index is 12.7. The third kappa shape index (κ3) is 1.93. The number of aromatic nitrogens is 1. The molecular formula is C16H19NO2. The minimum atomic E-state index is 0.136. The first kappa shape index (κ1) is 12.3. The van der Waals surface area contributed by atoms with E-state index in [1.807, 2.05) is 18.2 Å². The van der Waals surface area contributed by atoms with Crippen LogP contribution < -0.4 is 10.2 Å². The van der Waals surface area contributed by atoms with E-state index in [4.69, 9.17) is 4.74 Å². The summed E-state index contributed by atoms with van der Waals surface area (Å²) in [5.74, 6) is 0.659. The lowest BCUT2D eigenvalue weighted by atomic mass is 9.76. The van der Waals surface area contributed by atoms with Gasteiger partial charge in [-0.2, -0.15) is 0 Å². The number of H-pyrrole nitrogens is 1. The first-order chi connectivity index (χ1) is 9.02. The fourth-order valence-corrected chi connectivity index (χ4v) is 3.01. The topological polar surface area (TPSA) is 42.1 Å². The number of hydrogen-bond acceptors (Lipinski definition) is 2. The van der Waals surface area contributed by atoms with Gasteiger partial charge in [0.25, 0.3) is 0 Å². The van der Waals surface area contributed by atoms with Crippen LogP contribution >= 0.6 is 0 Å². The fourth-order valence-electron chi connectivity index (χ4n) is 3.01. The molecule has 3 nitrogen and oxygen atoms in total. The van der Waals surface area contributed by atoms with E-state index in [2.05, 4.69) is 18.8 Å². The van der Waals surface area contributed by atoms with Gasteiger partial charge in [0.1, 0.15) is 5.75 Å².